The standard InChI is InChI=1S/C35H22N2O/c38-35-29-22-25(19-20-27(29)28-21-23-11-3-1-6-14-26(23)34(28)35)37-32-17-9-7-15-30(32)36(24-12-4-2-5-13-24)31-16-8-10-18-33(31)37/h1-22H. The molecule has 1 heterocycles. The highest BCUT2D eigenvalue weighted by Gasteiger charge is 2.34. The van der Waals surface area contributed by atoms with Gasteiger partial charge in [0.05, 0.1) is 22.7 Å². The maximum absolute atomic E-state index is 13.8. The molecule has 4 aromatic carbocycles. The normalized spacial score (nSPS) is 13.2. The quantitative estimate of drug-likeness (QED) is 0.243. The summed E-state index contributed by atoms with van der Waals surface area (Å²) in [5, 5.41) is 0. The van der Waals surface area contributed by atoms with Crippen LogP contribution in [0.1, 0.15) is 15.9 Å². The number of hydrogen-bond donors (Lipinski definition) is 0. The number of benzene rings is 4. The molecule has 0 radical (unpaired) electrons. The largest absolute Gasteiger partial charge is 0.306 e. The molecule has 0 fully saturated rings. The van der Waals surface area contributed by atoms with Gasteiger partial charge in [-0.3, -0.25) is 4.79 Å². The molecule has 0 atom stereocenters. The van der Waals surface area contributed by atoms with Crippen molar-refractivity contribution in [1.82, 2.24) is 0 Å². The molecule has 0 unspecified atom stereocenters. The van der Waals surface area contributed by atoms with Crippen molar-refractivity contribution < 1.29 is 4.79 Å². The van der Waals surface area contributed by atoms with Crippen LogP contribution >= 0.6 is 0 Å². The Morgan fingerprint density at radius 3 is 1.61 bits per heavy atom. The fourth-order valence-corrected chi connectivity index (χ4v) is 6.05. The Labute approximate surface area is 221 Å². The number of fused-ring (bicyclic) bond motifs is 7. The minimum absolute atomic E-state index is 0.0996. The molecule has 4 aliphatic rings. The lowest BCUT2D eigenvalue weighted by Gasteiger charge is -2.40. The Bertz CT molecular complexity index is 1810. The first-order chi connectivity index (χ1) is 18.8. The van der Waals surface area contributed by atoms with Crippen molar-refractivity contribution in [3.05, 3.63) is 145 Å². The Balaban J connectivity index is 1.32. The smallest absolute Gasteiger partial charge is 0.194 e. The molecule has 8 rings (SSSR count). The van der Waals surface area contributed by atoms with E-state index in [0.29, 0.717) is 0 Å². The summed E-state index contributed by atoms with van der Waals surface area (Å²) in [4.78, 5) is 18.4. The van der Waals surface area contributed by atoms with Crippen LogP contribution < -0.4 is 9.80 Å². The Morgan fingerprint density at radius 2 is 0.947 bits per heavy atom. The van der Waals surface area contributed by atoms with Gasteiger partial charge in [0, 0.05) is 22.5 Å². The minimum Gasteiger partial charge on any atom is -0.306 e. The molecule has 0 spiro atoms. The van der Waals surface area contributed by atoms with E-state index in [0.717, 1.165) is 67.5 Å². The highest BCUT2D eigenvalue weighted by Crippen LogP contribution is 2.55. The summed E-state index contributed by atoms with van der Waals surface area (Å²) < 4.78 is 0. The molecular weight excluding hydrogens is 464 g/mol. The molecule has 3 nitrogen and oxygen atoms in total. The fraction of sp³-hybridized carbons (Fsp3) is 0. The molecule has 3 heteroatoms. The number of para-hydroxylation sites is 5. The number of carbonyl (C=O) groups is 1. The van der Waals surface area contributed by atoms with Crippen molar-refractivity contribution in [2.24, 2.45) is 0 Å². The number of anilines is 6. The maximum atomic E-state index is 13.8. The van der Waals surface area contributed by atoms with Crippen LogP contribution in [-0.4, -0.2) is 5.78 Å². The predicted molar refractivity (Wildman–Crippen MR) is 155 cm³/mol. The number of nitrogens with zero attached hydrogens (tertiary/aromatic N) is 2. The van der Waals surface area contributed by atoms with E-state index in [9.17, 15) is 4.79 Å². The molecule has 3 aliphatic carbocycles. The first kappa shape index (κ1) is 21.0. The summed E-state index contributed by atoms with van der Waals surface area (Å²) in [5.74, 6) is 0.0996. The van der Waals surface area contributed by atoms with E-state index in [1.807, 2.05) is 30.3 Å². The van der Waals surface area contributed by atoms with Crippen molar-refractivity contribution in [2.75, 3.05) is 9.80 Å². The molecule has 178 valence electrons. The lowest BCUT2D eigenvalue weighted by atomic mass is 10.0. The summed E-state index contributed by atoms with van der Waals surface area (Å²) in [7, 11) is 0. The van der Waals surface area contributed by atoms with Crippen LogP contribution in [0.2, 0.25) is 0 Å². The third-order valence-electron chi connectivity index (χ3n) is 7.68. The molecule has 0 aromatic heterocycles. The predicted octanol–water partition coefficient (Wildman–Crippen LogP) is 9.26. The van der Waals surface area contributed by atoms with E-state index >= 15 is 0 Å². The Morgan fingerprint density at radius 1 is 0.395 bits per heavy atom. The van der Waals surface area contributed by atoms with Gasteiger partial charge >= 0.3 is 0 Å². The van der Waals surface area contributed by atoms with Crippen LogP contribution in [0.15, 0.2) is 133 Å². The van der Waals surface area contributed by atoms with E-state index in [4.69, 9.17) is 0 Å². The molecule has 0 saturated carbocycles. The second-order valence-electron chi connectivity index (χ2n) is 9.76. The van der Waals surface area contributed by atoms with Gasteiger partial charge in [-0.25, -0.2) is 0 Å². The first-order valence-corrected chi connectivity index (χ1v) is 12.8. The molecule has 0 bridgehead atoms. The molecule has 1 aliphatic heterocycles. The fourth-order valence-electron chi connectivity index (χ4n) is 6.05. The van der Waals surface area contributed by atoms with Crippen molar-refractivity contribution in [2.45, 2.75) is 0 Å². The zero-order valence-corrected chi connectivity index (χ0v) is 20.5. The lowest BCUT2D eigenvalue weighted by Crippen LogP contribution is -2.24. The van der Waals surface area contributed by atoms with E-state index in [2.05, 4.69) is 113 Å². The van der Waals surface area contributed by atoms with Gasteiger partial charge in [0.2, 0.25) is 0 Å². The van der Waals surface area contributed by atoms with E-state index in [1.54, 1.807) is 0 Å². The van der Waals surface area contributed by atoms with Gasteiger partial charge in [-0.15, -0.1) is 0 Å². The van der Waals surface area contributed by atoms with Crippen LogP contribution in [-0.2, 0) is 0 Å². The van der Waals surface area contributed by atoms with E-state index in [-0.39, 0.29) is 5.78 Å². The number of carbonyl (C=O) groups excluding carboxylic acids is 1. The van der Waals surface area contributed by atoms with Crippen molar-refractivity contribution in [3.63, 3.8) is 0 Å². The summed E-state index contributed by atoms with van der Waals surface area (Å²) in [6.45, 7) is 0. The SMILES string of the molecule is O=C1c2cc(N3c4ccccc4N(c4ccccc4)c4ccccc43)ccc2-c2cc3cccccc-3c21. The van der Waals surface area contributed by atoms with Crippen LogP contribution in [0, 0.1) is 0 Å². The molecule has 4 aromatic rings. The summed E-state index contributed by atoms with van der Waals surface area (Å²) in [6.07, 6.45) is 0. The molecule has 38 heavy (non-hydrogen) atoms. The van der Waals surface area contributed by atoms with Gasteiger partial charge in [-0.1, -0.05) is 78.9 Å². The second-order valence-corrected chi connectivity index (χ2v) is 9.76. The van der Waals surface area contributed by atoms with Gasteiger partial charge < -0.3 is 9.80 Å². The molecule has 0 saturated heterocycles. The number of hydrogen-bond acceptors (Lipinski definition) is 3. The Kier molecular flexibility index (Phi) is 4.38. The summed E-state index contributed by atoms with van der Waals surface area (Å²) >= 11 is 0. The third-order valence-corrected chi connectivity index (χ3v) is 7.68. The Hall–Kier alpha value is -5.15. The highest BCUT2D eigenvalue weighted by atomic mass is 16.1. The van der Waals surface area contributed by atoms with Gasteiger partial charge in [0.15, 0.2) is 5.78 Å². The van der Waals surface area contributed by atoms with Crippen molar-refractivity contribution >= 4 is 39.9 Å². The zero-order valence-electron chi connectivity index (χ0n) is 20.5. The van der Waals surface area contributed by atoms with E-state index in [1.165, 1.54) is 0 Å². The number of rotatable bonds is 2. The summed E-state index contributed by atoms with van der Waals surface area (Å²) in [5.41, 5.74) is 12.2. The first-order valence-electron chi connectivity index (χ1n) is 12.8. The average molecular weight is 487 g/mol. The average Bonchev–Trinajstić information content (AvgIpc) is 3.34. The second kappa shape index (κ2) is 7.92. The molecule has 0 amide bonds. The van der Waals surface area contributed by atoms with Gasteiger partial charge in [0.25, 0.3) is 0 Å². The summed E-state index contributed by atoms with van der Waals surface area (Å²) in [6, 6.07) is 46.0. The topological polar surface area (TPSA) is 23.6 Å². The van der Waals surface area contributed by atoms with Gasteiger partial charge in [-0.05, 0) is 76.9 Å². The van der Waals surface area contributed by atoms with Crippen LogP contribution in [0.3, 0.4) is 0 Å². The van der Waals surface area contributed by atoms with Crippen molar-refractivity contribution in [1.29, 1.82) is 0 Å². The molecule has 0 N–H and O–H groups in total. The van der Waals surface area contributed by atoms with Crippen molar-refractivity contribution in [3.8, 4) is 22.3 Å². The van der Waals surface area contributed by atoms with Gasteiger partial charge in [-0.2, -0.15) is 0 Å². The maximum Gasteiger partial charge on any atom is 0.194 e. The molecular formula is C35H22N2O. The van der Waals surface area contributed by atoms with Gasteiger partial charge in [0.1, 0.15) is 0 Å². The van der Waals surface area contributed by atoms with Crippen LogP contribution in [0.25, 0.3) is 22.3 Å². The number of ketones is 1. The zero-order chi connectivity index (χ0) is 25.2. The lowest BCUT2D eigenvalue weighted by molar-refractivity contribution is 0.104. The van der Waals surface area contributed by atoms with Crippen LogP contribution in [0.5, 0.6) is 0 Å². The minimum atomic E-state index is 0.0996. The van der Waals surface area contributed by atoms with Crippen LogP contribution in [0.4, 0.5) is 34.1 Å². The third kappa shape index (κ3) is 2.87. The van der Waals surface area contributed by atoms with E-state index < -0.39 is 0 Å². The monoisotopic (exact) mass is 486 g/mol. The highest BCUT2D eigenvalue weighted by molar-refractivity contribution is 6.26.